The van der Waals surface area contributed by atoms with Gasteiger partial charge in [-0.1, -0.05) is 62.4 Å². The molecule has 1 aromatic carbocycles. The van der Waals surface area contributed by atoms with Crippen LogP contribution >= 0.6 is 0 Å². The molecule has 0 N–H and O–H groups in total. The molecule has 2 unspecified atom stereocenters. The number of ether oxygens (including phenoxy) is 1. The molecule has 2 aliphatic heterocycles. The van der Waals surface area contributed by atoms with Crippen molar-refractivity contribution in [3.63, 3.8) is 0 Å². The molecule has 2 fully saturated rings. The fourth-order valence-corrected chi connectivity index (χ4v) is 3.09. The number of hydrogen-bond donors (Lipinski definition) is 0. The Bertz CT molecular complexity index is 629. The lowest BCUT2D eigenvalue weighted by Crippen LogP contribution is -2.13. The summed E-state index contributed by atoms with van der Waals surface area (Å²) in [5.74, 6) is 0. The Balaban J connectivity index is 1.40. The quantitative estimate of drug-likeness (QED) is 0.336. The third-order valence-corrected chi connectivity index (χ3v) is 5.00. The van der Waals surface area contributed by atoms with Gasteiger partial charge in [-0.2, -0.15) is 5.10 Å². The van der Waals surface area contributed by atoms with Gasteiger partial charge in [0.05, 0.1) is 25.4 Å². The van der Waals surface area contributed by atoms with Gasteiger partial charge in [-0.3, -0.25) is 5.01 Å². The van der Waals surface area contributed by atoms with Gasteiger partial charge in [0.15, 0.2) is 0 Å². The van der Waals surface area contributed by atoms with Crippen LogP contribution in [0.3, 0.4) is 0 Å². The van der Waals surface area contributed by atoms with Crippen LogP contribution in [-0.2, 0) is 4.74 Å². The van der Waals surface area contributed by atoms with Gasteiger partial charge in [0.2, 0.25) is 0 Å². The topological polar surface area (TPSA) is 27.9 Å². The molecular formula is C22H30N2O. The second-order valence-electron chi connectivity index (χ2n) is 8.02. The standard InChI is InChI=1S/C22H30N2O/c1-4-13-21(2,3)14-9-6-10-15-22(18-25-22)17-23-24-16-20(24)19-11-7-5-8-12-19/h4-9,11-12,17,20H,1,10,13-16,18H2,2-3H3/b9-6+,23-17-. The van der Waals surface area contributed by atoms with Crippen LogP contribution < -0.4 is 0 Å². The van der Waals surface area contributed by atoms with Crippen LogP contribution in [0.5, 0.6) is 0 Å². The highest BCUT2D eigenvalue weighted by molar-refractivity contribution is 5.72. The lowest BCUT2D eigenvalue weighted by molar-refractivity contribution is 0.355. The van der Waals surface area contributed by atoms with Crippen molar-refractivity contribution in [1.29, 1.82) is 0 Å². The van der Waals surface area contributed by atoms with Crippen molar-refractivity contribution in [3.8, 4) is 0 Å². The summed E-state index contributed by atoms with van der Waals surface area (Å²) in [7, 11) is 0. The molecule has 0 amide bonds. The Hall–Kier alpha value is -1.87. The first kappa shape index (κ1) is 17.9. The first-order valence-corrected chi connectivity index (χ1v) is 9.30. The molecule has 3 rings (SSSR count). The van der Waals surface area contributed by atoms with E-state index in [2.05, 4.69) is 73.0 Å². The van der Waals surface area contributed by atoms with Crippen molar-refractivity contribution < 1.29 is 4.74 Å². The number of benzene rings is 1. The summed E-state index contributed by atoms with van der Waals surface area (Å²) in [6, 6.07) is 11.0. The van der Waals surface area contributed by atoms with Gasteiger partial charge in [0.1, 0.15) is 5.60 Å². The average molecular weight is 338 g/mol. The monoisotopic (exact) mass is 338 g/mol. The fraction of sp³-hybridized carbons (Fsp3) is 0.500. The Labute approximate surface area is 152 Å². The Morgan fingerprint density at radius 3 is 2.72 bits per heavy atom. The van der Waals surface area contributed by atoms with Crippen molar-refractivity contribution in [2.75, 3.05) is 13.2 Å². The van der Waals surface area contributed by atoms with E-state index >= 15 is 0 Å². The van der Waals surface area contributed by atoms with Crippen molar-refractivity contribution in [2.24, 2.45) is 10.5 Å². The third-order valence-electron chi connectivity index (χ3n) is 5.00. The van der Waals surface area contributed by atoms with E-state index in [0.717, 1.165) is 38.8 Å². The highest BCUT2D eigenvalue weighted by Gasteiger charge is 2.44. The molecule has 0 bridgehead atoms. The molecule has 2 atom stereocenters. The zero-order chi connectivity index (χ0) is 17.8. The minimum Gasteiger partial charge on any atom is -0.363 e. The number of hydrogen-bond acceptors (Lipinski definition) is 3. The van der Waals surface area contributed by atoms with Crippen LogP contribution in [0.25, 0.3) is 0 Å². The molecule has 3 heteroatoms. The SMILES string of the molecule is C=CCC(C)(C)C/C=C/CCC1(/C=N\N2CC2c2ccccc2)CO1. The van der Waals surface area contributed by atoms with Gasteiger partial charge in [-0.05, 0) is 36.7 Å². The largest absolute Gasteiger partial charge is 0.363 e. The van der Waals surface area contributed by atoms with Crippen molar-refractivity contribution in [1.82, 2.24) is 5.01 Å². The summed E-state index contributed by atoms with van der Waals surface area (Å²) in [6.45, 7) is 10.2. The number of rotatable bonds is 10. The Morgan fingerprint density at radius 2 is 2.04 bits per heavy atom. The molecule has 134 valence electrons. The Kier molecular flexibility index (Phi) is 5.43. The van der Waals surface area contributed by atoms with Crippen LogP contribution in [0.4, 0.5) is 0 Å². The molecule has 0 aromatic heterocycles. The van der Waals surface area contributed by atoms with Gasteiger partial charge >= 0.3 is 0 Å². The summed E-state index contributed by atoms with van der Waals surface area (Å²) in [6.07, 6.45) is 12.8. The number of nitrogens with zero attached hydrogens (tertiary/aromatic N) is 2. The Morgan fingerprint density at radius 1 is 1.28 bits per heavy atom. The second kappa shape index (κ2) is 7.57. The second-order valence-corrected chi connectivity index (χ2v) is 8.02. The van der Waals surface area contributed by atoms with E-state index in [1.54, 1.807) is 0 Å². The third kappa shape index (κ3) is 5.30. The summed E-state index contributed by atoms with van der Waals surface area (Å²) >= 11 is 0. The first-order chi connectivity index (χ1) is 12.0. The lowest BCUT2D eigenvalue weighted by Gasteiger charge is -2.20. The molecule has 3 nitrogen and oxygen atoms in total. The molecule has 2 saturated heterocycles. The average Bonchev–Trinajstić information content (AvgIpc) is 3.49. The number of allylic oxidation sites excluding steroid dienone is 3. The van der Waals surface area contributed by atoms with Gasteiger partial charge in [-0.15, -0.1) is 6.58 Å². The molecule has 0 aliphatic carbocycles. The maximum Gasteiger partial charge on any atom is 0.129 e. The number of epoxide rings is 1. The van der Waals surface area contributed by atoms with Crippen LogP contribution in [0, 0.1) is 5.41 Å². The zero-order valence-corrected chi connectivity index (χ0v) is 15.5. The highest BCUT2D eigenvalue weighted by Crippen LogP contribution is 2.36. The van der Waals surface area contributed by atoms with Gasteiger partial charge in [0, 0.05) is 0 Å². The lowest BCUT2D eigenvalue weighted by atomic mass is 9.85. The molecule has 0 spiro atoms. The molecule has 1 aromatic rings. The predicted molar refractivity (Wildman–Crippen MR) is 105 cm³/mol. The molecule has 25 heavy (non-hydrogen) atoms. The molecule has 0 radical (unpaired) electrons. The van der Waals surface area contributed by atoms with Gasteiger partial charge in [-0.25, -0.2) is 0 Å². The van der Waals surface area contributed by atoms with Crippen LogP contribution in [0.2, 0.25) is 0 Å². The van der Waals surface area contributed by atoms with E-state index in [1.807, 2.05) is 12.3 Å². The van der Waals surface area contributed by atoms with E-state index < -0.39 is 0 Å². The predicted octanol–water partition coefficient (Wildman–Crippen LogP) is 5.13. The summed E-state index contributed by atoms with van der Waals surface area (Å²) in [5.41, 5.74) is 1.53. The van der Waals surface area contributed by atoms with Crippen molar-refractivity contribution in [3.05, 3.63) is 60.7 Å². The minimum absolute atomic E-state index is 0.120. The molecule has 0 saturated carbocycles. The van der Waals surface area contributed by atoms with Crippen LogP contribution in [0.1, 0.15) is 51.1 Å². The molecule has 2 heterocycles. The maximum atomic E-state index is 5.68. The fourth-order valence-electron chi connectivity index (χ4n) is 3.09. The summed E-state index contributed by atoms with van der Waals surface area (Å²) in [5, 5.41) is 6.77. The van der Waals surface area contributed by atoms with E-state index in [9.17, 15) is 0 Å². The normalized spacial score (nSPS) is 25.7. The van der Waals surface area contributed by atoms with E-state index in [1.165, 1.54) is 5.56 Å². The van der Waals surface area contributed by atoms with Crippen molar-refractivity contribution >= 4 is 6.21 Å². The zero-order valence-electron chi connectivity index (χ0n) is 15.5. The highest BCUT2D eigenvalue weighted by atomic mass is 16.6. The minimum atomic E-state index is -0.120. The van der Waals surface area contributed by atoms with E-state index in [0.29, 0.717) is 11.5 Å². The van der Waals surface area contributed by atoms with Crippen LogP contribution in [-0.4, -0.2) is 30.0 Å². The van der Waals surface area contributed by atoms with Gasteiger partial charge < -0.3 is 4.74 Å². The van der Waals surface area contributed by atoms with Crippen molar-refractivity contribution in [2.45, 2.75) is 51.2 Å². The van der Waals surface area contributed by atoms with E-state index in [-0.39, 0.29) is 5.60 Å². The first-order valence-electron chi connectivity index (χ1n) is 9.30. The molecular weight excluding hydrogens is 308 g/mol. The molecule has 2 aliphatic rings. The van der Waals surface area contributed by atoms with Gasteiger partial charge in [0.25, 0.3) is 0 Å². The van der Waals surface area contributed by atoms with Crippen LogP contribution in [0.15, 0.2) is 60.2 Å². The van der Waals surface area contributed by atoms with E-state index in [4.69, 9.17) is 4.74 Å². The summed E-state index contributed by atoms with van der Waals surface area (Å²) in [4.78, 5) is 0. The number of hydrazone groups is 1. The summed E-state index contributed by atoms with van der Waals surface area (Å²) < 4.78 is 5.68. The smallest absolute Gasteiger partial charge is 0.129 e. The maximum absolute atomic E-state index is 5.68.